The van der Waals surface area contributed by atoms with Crippen LogP contribution in [-0.2, 0) is 9.47 Å². The summed E-state index contributed by atoms with van der Waals surface area (Å²) in [4.78, 5) is 0. The van der Waals surface area contributed by atoms with E-state index in [1.54, 1.807) is 0 Å². The molecular weight excluding hydrogens is 176 g/mol. The zero-order valence-corrected chi connectivity index (χ0v) is 9.21. The maximum atomic E-state index is 5.96. The van der Waals surface area contributed by atoms with Gasteiger partial charge < -0.3 is 9.47 Å². The number of hydrogen-bond donors (Lipinski definition) is 0. The van der Waals surface area contributed by atoms with Gasteiger partial charge in [0.25, 0.3) is 0 Å². The summed E-state index contributed by atoms with van der Waals surface area (Å²) < 4.78 is 11.5. The predicted octanol–water partition coefficient (Wildman–Crippen LogP) is 3.11. The molecule has 1 saturated carbocycles. The molecule has 0 N–H and O–H groups in total. The number of hydrogen-bond acceptors (Lipinski definition) is 2. The van der Waals surface area contributed by atoms with Gasteiger partial charge in [-0.15, -0.1) is 0 Å². The molecule has 1 aliphatic heterocycles. The predicted molar refractivity (Wildman–Crippen MR) is 56.1 cm³/mol. The molecule has 2 heteroatoms. The molecule has 82 valence electrons. The average molecular weight is 198 g/mol. The fourth-order valence-corrected chi connectivity index (χ4v) is 2.40. The van der Waals surface area contributed by atoms with Crippen LogP contribution < -0.4 is 0 Å². The van der Waals surface area contributed by atoms with E-state index >= 15 is 0 Å². The molecule has 1 aliphatic carbocycles. The molecule has 2 aliphatic rings. The first-order chi connectivity index (χ1) is 6.84. The summed E-state index contributed by atoms with van der Waals surface area (Å²) in [7, 11) is 0. The van der Waals surface area contributed by atoms with Crippen molar-refractivity contribution in [2.24, 2.45) is 5.92 Å². The average Bonchev–Trinajstić information content (AvgIpc) is 2.23. The van der Waals surface area contributed by atoms with Gasteiger partial charge in [-0.05, 0) is 50.9 Å². The van der Waals surface area contributed by atoms with Gasteiger partial charge in [0.2, 0.25) is 0 Å². The molecule has 0 bridgehead atoms. The van der Waals surface area contributed by atoms with Crippen LogP contribution in [0.2, 0.25) is 0 Å². The molecule has 0 aromatic heterocycles. The summed E-state index contributed by atoms with van der Waals surface area (Å²) in [6.45, 7) is 3.24. The van der Waals surface area contributed by atoms with E-state index in [4.69, 9.17) is 9.47 Å². The van der Waals surface area contributed by atoms with E-state index in [2.05, 4.69) is 6.92 Å². The van der Waals surface area contributed by atoms with Crippen LogP contribution in [0.25, 0.3) is 0 Å². The Kier molecular flexibility index (Phi) is 3.82. The Balaban J connectivity index is 1.68. The quantitative estimate of drug-likeness (QED) is 0.678. The minimum Gasteiger partial charge on any atom is -0.353 e. The first kappa shape index (κ1) is 10.4. The fourth-order valence-electron chi connectivity index (χ4n) is 2.40. The van der Waals surface area contributed by atoms with Crippen LogP contribution in [0.3, 0.4) is 0 Å². The van der Waals surface area contributed by atoms with Crippen molar-refractivity contribution in [1.82, 2.24) is 0 Å². The zero-order valence-electron chi connectivity index (χ0n) is 9.21. The summed E-state index contributed by atoms with van der Waals surface area (Å²) in [5, 5.41) is 0. The molecular formula is C12H22O2. The Labute approximate surface area is 87.0 Å². The molecule has 1 atom stereocenters. The van der Waals surface area contributed by atoms with Crippen molar-refractivity contribution in [3.63, 3.8) is 0 Å². The smallest absolute Gasteiger partial charge is 0.157 e. The van der Waals surface area contributed by atoms with Gasteiger partial charge >= 0.3 is 0 Å². The van der Waals surface area contributed by atoms with E-state index in [0.717, 1.165) is 18.9 Å². The van der Waals surface area contributed by atoms with E-state index < -0.39 is 0 Å². The molecule has 0 radical (unpaired) electrons. The summed E-state index contributed by atoms with van der Waals surface area (Å²) in [5.74, 6) is 0.905. The molecule has 0 aromatic rings. The Morgan fingerprint density at radius 2 is 1.79 bits per heavy atom. The van der Waals surface area contributed by atoms with Crippen molar-refractivity contribution in [2.75, 3.05) is 6.61 Å². The Bertz CT molecular complexity index is 156. The Hall–Kier alpha value is -0.0800. The van der Waals surface area contributed by atoms with Crippen LogP contribution in [-0.4, -0.2) is 19.0 Å². The minimum absolute atomic E-state index is 0.113. The Morgan fingerprint density at radius 1 is 1.00 bits per heavy atom. The Morgan fingerprint density at radius 3 is 2.43 bits per heavy atom. The molecule has 2 fully saturated rings. The minimum atomic E-state index is 0.113. The zero-order chi connectivity index (χ0) is 9.80. The maximum absolute atomic E-state index is 5.96. The third kappa shape index (κ3) is 2.96. The van der Waals surface area contributed by atoms with Gasteiger partial charge in [-0.25, -0.2) is 0 Å². The monoisotopic (exact) mass is 198 g/mol. The van der Waals surface area contributed by atoms with Gasteiger partial charge in [0, 0.05) is 6.61 Å². The molecule has 14 heavy (non-hydrogen) atoms. The van der Waals surface area contributed by atoms with Gasteiger partial charge in [0.05, 0.1) is 6.10 Å². The molecule has 0 aromatic carbocycles. The molecule has 2 nitrogen and oxygen atoms in total. The van der Waals surface area contributed by atoms with Crippen LogP contribution in [0, 0.1) is 5.92 Å². The number of ether oxygens (including phenoxy) is 2. The lowest BCUT2D eigenvalue weighted by Gasteiger charge is -2.31. The maximum Gasteiger partial charge on any atom is 0.157 e. The summed E-state index contributed by atoms with van der Waals surface area (Å²) >= 11 is 0. The second kappa shape index (κ2) is 5.13. The SMILES string of the molecule is CC1CCC(O[C@@H]2CCCCO2)CC1. The highest BCUT2D eigenvalue weighted by atomic mass is 16.7. The molecule has 0 spiro atoms. The standard InChI is InChI=1S/C12H22O2/c1-10-5-7-11(8-6-10)14-12-4-2-3-9-13-12/h10-12H,2-9H2,1H3/t10?,11?,12-/m1/s1. The lowest BCUT2D eigenvalue weighted by Crippen LogP contribution is -2.30. The van der Waals surface area contributed by atoms with Gasteiger partial charge in [0.15, 0.2) is 6.29 Å². The lowest BCUT2D eigenvalue weighted by molar-refractivity contribution is -0.194. The molecule has 0 unspecified atom stereocenters. The first-order valence-corrected chi connectivity index (χ1v) is 6.11. The van der Waals surface area contributed by atoms with E-state index in [9.17, 15) is 0 Å². The van der Waals surface area contributed by atoms with E-state index in [1.165, 1.54) is 38.5 Å². The number of rotatable bonds is 2. The van der Waals surface area contributed by atoms with E-state index in [-0.39, 0.29) is 6.29 Å². The van der Waals surface area contributed by atoms with Crippen LogP contribution in [0.5, 0.6) is 0 Å². The van der Waals surface area contributed by atoms with Crippen LogP contribution in [0.4, 0.5) is 0 Å². The third-order valence-corrected chi connectivity index (χ3v) is 3.45. The highest BCUT2D eigenvalue weighted by Gasteiger charge is 2.23. The third-order valence-electron chi connectivity index (χ3n) is 3.45. The van der Waals surface area contributed by atoms with Gasteiger partial charge in [0.1, 0.15) is 0 Å². The second-order valence-corrected chi connectivity index (χ2v) is 4.81. The topological polar surface area (TPSA) is 18.5 Å². The normalized spacial score (nSPS) is 39.6. The van der Waals surface area contributed by atoms with Gasteiger partial charge in [-0.2, -0.15) is 0 Å². The first-order valence-electron chi connectivity index (χ1n) is 6.11. The summed E-state index contributed by atoms with van der Waals surface area (Å²) in [5.41, 5.74) is 0. The molecule has 2 rings (SSSR count). The van der Waals surface area contributed by atoms with Crippen molar-refractivity contribution >= 4 is 0 Å². The van der Waals surface area contributed by atoms with Crippen LogP contribution >= 0.6 is 0 Å². The second-order valence-electron chi connectivity index (χ2n) is 4.81. The van der Waals surface area contributed by atoms with Gasteiger partial charge in [-0.3, -0.25) is 0 Å². The van der Waals surface area contributed by atoms with Crippen LogP contribution in [0.15, 0.2) is 0 Å². The van der Waals surface area contributed by atoms with Crippen molar-refractivity contribution in [3.8, 4) is 0 Å². The van der Waals surface area contributed by atoms with Crippen molar-refractivity contribution < 1.29 is 9.47 Å². The highest BCUT2D eigenvalue weighted by Crippen LogP contribution is 2.27. The van der Waals surface area contributed by atoms with Gasteiger partial charge in [-0.1, -0.05) is 6.92 Å². The summed E-state index contributed by atoms with van der Waals surface area (Å²) in [6, 6.07) is 0. The fraction of sp³-hybridized carbons (Fsp3) is 1.00. The molecule has 1 heterocycles. The van der Waals surface area contributed by atoms with E-state index in [0.29, 0.717) is 6.10 Å². The van der Waals surface area contributed by atoms with Crippen LogP contribution in [0.1, 0.15) is 51.9 Å². The lowest BCUT2D eigenvalue weighted by atomic mass is 9.89. The molecule has 1 saturated heterocycles. The summed E-state index contributed by atoms with van der Waals surface area (Å²) in [6.07, 6.45) is 9.31. The molecule has 0 amide bonds. The highest BCUT2D eigenvalue weighted by molar-refractivity contribution is 4.71. The van der Waals surface area contributed by atoms with Crippen molar-refractivity contribution in [2.45, 2.75) is 64.3 Å². The van der Waals surface area contributed by atoms with E-state index in [1.807, 2.05) is 0 Å². The van der Waals surface area contributed by atoms with Crippen molar-refractivity contribution in [1.29, 1.82) is 0 Å². The van der Waals surface area contributed by atoms with Crippen molar-refractivity contribution in [3.05, 3.63) is 0 Å². The largest absolute Gasteiger partial charge is 0.353 e.